The molecule has 158 valence electrons. The highest BCUT2D eigenvalue weighted by atomic mass is 32.2. The van der Waals surface area contributed by atoms with Crippen LogP contribution < -0.4 is 4.90 Å². The van der Waals surface area contributed by atoms with Gasteiger partial charge in [0, 0.05) is 47.9 Å². The molecular formula is C27H29N3S. The number of anilines is 1. The topological polar surface area (TPSA) is 21.1 Å². The first-order valence-electron chi connectivity index (χ1n) is 11.3. The summed E-state index contributed by atoms with van der Waals surface area (Å²) in [7, 11) is 0. The number of hydrogen-bond acceptors (Lipinski definition) is 3. The second-order valence-electron chi connectivity index (χ2n) is 8.36. The van der Waals surface area contributed by atoms with Gasteiger partial charge in [-0.3, -0.25) is 0 Å². The first-order chi connectivity index (χ1) is 15.3. The molecule has 0 spiro atoms. The van der Waals surface area contributed by atoms with Crippen LogP contribution in [-0.2, 0) is 13.0 Å². The fourth-order valence-corrected chi connectivity index (χ4v) is 5.71. The van der Waals surface area contributed by atoms with Gasteiger partial charge >= 0.3 is 0 Å². The van der Waals surface area contributed by atoms with Crippen molar-refractivity contribution in [3.8, 4) is 0 Å². The first-order valence-corrected chi connectivity index (χ1v) is 12.2. The number of fused-ring (bicyclic) bond motifs is 1. The van der Waals surface area contributed by atoms with Crippen molar-refractivity contribution < 1.29 is 0 Å². The SMILES string of the molecule is c1ccc2c(CCC(Cn3ccnc3)Sc3ccc(N4CCCC4)cc3)cccc2c1. The second-order valence-corrected chi connectivity index (χ2v) is 9.74. The summed E-state index contributed by atoms with van der Waals surface area (Å²) in [6.07, 6.45) is 10.7. The van der Waals surface area contributed by atoms with Crippen molar-refractivity contribution in [1.29, 1.82) is 0 Å². The maximum absolute atomic E-state index is 4.25. The number of aromatic nitrogens is 2. The summed E-state index contributed by atoms with van der Waals surface area (Å²) in [5.41, 5.74) is 2.81. The second kappa shape index (κ2) is 9.61. The van der Waals surface area contributed by atoms with Crippen molar-refractivity contribution in [2.75, 3.05) is 18.0 Å². The van der Waals surface area contributed by atoms with Crippen LogP contribution in [0.25, 0.3) is 10.8 Å². The number of nitrogens with zero attached hydrogens (tertiary/aromatic N) is 3. The first kappa shape index (κ1) is 20.2. The van der Waals surface area contributed by atoms with Crippen LogP contribution >= 0.6 is 11.8 Å². The summed E-state index contributed by atoms with van der Waals surface area (Å²) in [6, 6.07) is 24.6. The molecule has 1 aliphatic heterocycles. The Morgan fingerprint density at radius 3 is 2.52 bits per heavy atom. The minimum Gasteiger partial charge on any atom is -0.372 e. The molecule has 5 rings (SSSR count). The molecule has 0 N–H and O–H groups in total. The highest BCUT2D eigenvalue weighted by Crippen LogP contribution is 2.31. The molecule has 0 radical (unpaired) electrons. The van der Waals surface area contributed by atoms with E-state index in [1.54, 1.807) is 0 Å². The minimum atomic E-state index is 0.491. The number of imidazole rings is 1. The lowest BCUT2D eigenvalue weighted by Gasteiger charge is -2.20. The summed E-state index contributed by atoms with van der Waals surface area (Å²) in [5, 5.41) is 3.20. The van der Waals surface area contributed by atoms with E-state index < -0.39 is 0 Å². The van der Waals surface area contributed by atoms with E-state index in [0.29, 0.717) is 5.25 Å². The van der Waals surface area contributed by atoms with Gasteiger partial charge in [-0.05, 0) is 66.3 Å². The summed E-state index contributed by atoms with van der Waals surface area (Å²) >= 11 is 2.00. The van der Waals surface area contributed by atoms with Gasteiger partial charge in [0.1, 0.15) is 0 Å². The van der Waals surface area contributed by atoms with Crippen LogP contribution in [-0.4, -0.2) is 27.9 Å². The van der Waals surface area contributed by atoms with Crippen molar-refractivity contribution in [1.82, 2.24) is 9.55 Å². The van der Waals surface area contributed by atoms with E-state index in [1.807, 2.05) is 24.3 Å². The Balaban J connectivity index is 1.30. The molecule has 0 bridgehead atoms. The molecule has 0 aliphatic carbocycles. The molecule has 1 unspecified atom stereocenters. The zero-order chi connectivity index (χ0) is 20.9. The lowest BCUT2D eigenvalue weighted by molar-refractivity contribution is 0.625. The van der Waals surface area contributed by atoms with Gasteiger partial charge in [0.25, 0.3) is 0 Å². The monoisotopic (exact) mass is 427 g/mol. The average Bonchev–Trinajstić information content (AvgIpc) is 3.53. The van der Waals surface area contributed by atoms with Gasteiger partial charge in [-0.25, -0.2) is 4.98 Å². The summed E-state index contributed by atoms with van der Waals surface area (Å²) in [4.78, 5) is 8.10. The Labute approximate surface area is 189 Å². The van der Waals surface area contributed by atoms with Crippen molar-refractivity contribution in [3.05, 3.63) is 91.0 Å². The predicted octanol–water partition coefficient (Wildman–Crippen LogP) is 6.43. The van der Waals surface area contributed by atoms with Gasteiger partial charge in [0.05, 0.1) is 6.33 Å². The molecule has 0 saturated carbocycles. The van der Waals surface area contributed by atoms with Crippen LogP contribution in [0.2, 0.25) is 0 Å². The molecular weight excluding hydrogens is 398 g/mol. The normalized spacial score (nSPS) is 14.9. The van der Waals surface area contributed by atoms with Crippen molar-refractivity contribution in [3.63, 3.8) is 0 Å². The van der Waals surface area contributed by atoms with Crippen LogP contribution in [0.5, 0.6) is 0 Å². The molecule has 1 aliphatic rings. The van der Waals surface area contributed by atoms with Crippen LogP contribution in [0, 0.1) is 0 Å². The third kappa shape index (κ3) is 4.96. The number of hydrogen-bond donors (Lipinski definition) is 0. The van der Waals surface area contributed by atoms with Crippen LogP contribution in [0.1, 0.15) is 24.8 Å². The lowest BCUT2D eigenvalue weighted by atomic mass is 10.00. The molecule has 3 nitrogen and oxygen atoms in total. The maximum atomic E-state index is 4.25. The molecule has 1 aromatic heterocycles. The fourth-order valence-electron chi connectivity index (χ4n) is 4.55. The minimum absolute atomic E-state index is 0.491. The highest BCUT2D eigenvalue weighted by Gasteiger charge is 2.15. The van der Waals surface area contributed by atoms with Gasteiger partial charge in [-0.1, -0.05) is 42.5 Å². The molecule has 3 aromatic carbocycles. The zero-order valence-electron chi connectivity index (χ0n) is 17.9. The largest absolute Gasteiger partial charge is 0.372 e. The quantitative estimate of drug-likeness (QED) is 0.302. The summed E-state index contributed by atoms with van der Waals surface area (Å²) in [6.45, 7) is 3.37. The van der Waals surface area contributed by atoms with Crippen LogP contribution in [0.15, 0.2) is 90.3 Å². The smallest absolute Gasteiger partial charge is 0.0946 e. The summed E-state index contributed by atoms with van der Waals surface area (Å²) < 4.78 is 2.21. The Morgan fingerprint density at radius 2 is 1.71 bits per heavy atom. The average molecular weight is 428 g/mol. The molecule has 1 atom stereocenters. The van der Waals surface area contributed by atoms with Gasteiger partial charge < -0.3 is 9.47 Å². The Bertz CT molecular complexity index is 1090. The number of benzene rings is 3. The molecule has 31 heavy (non-hydrogen) atoms. The fraction of sp³-hybridized carbons (Fsp3) is 0.296. The Morgan fingerprint density at radius 1 is 0.903 bits per heavy atom. The van der Waals surface area contributed by atoms with Crippen LogP contribution in [0.4, 0.5) is 5.69 Å². The third-order valence-corrected chi connectivity index (χ3v) is 7.46. The Kier molecular flexibility index (Phi) is 6.26. The van der Waals surface area contributed by atoms with Gasteiger partial charge in [-0.15, -0.1) is 11.8 Å². The maximum Gasteiger partial charge on any atom is 0.0946 e. The van der Waals surface area contributed by atoms with E-state index in [4.69, 9.17) is 0 Å². The predicted molar refractivity (Wildman–Crippen MR) is 132 cm³/mol. The molecule has 4 heteroatoms. The van der Waals surface area contributed by atoms with E-state index in [-0.39, 0.29) is 0 Å². The molecule has 1 saturated heterocycles. The summed E-state index contributed by atoms with van der Waals surface area (Å²) in [5.74, 6) is 0. The van der Waals surface area contributed by atoms with E-state index >= 15 is 0 Å². The standard InChI is InChI=1S/C27H29N3S/c1-2-9-27-22(6-1)7-5-8-23(27)10-13-26(20-29-19-16-28-21-29)31-25-14-11-24(12-15-25)30-17-3-4-18-30/h1-2,5-9,11-12,14-16,19,21,26H,3-4,10,13,17-18,20H2. The third-order valence-electron chi connectivity index (χ3n) is 6.20. The molecule has 1 fully saturated rings. The van der Waals surface area contributed by atoms with E-state index in [1.165, 1.54) is 52.8 Å². The lowest BCUT2D eigenvalue weighted by Crippen LogP contribution is -2.17. The van der Waals surface area contributed by atoms with Gasteiger partial charge in [0.2, 0.25) is 0 Å². The van der Waals surface area contributed by atoms with Crippen molar-refractivity contribution in [2.24, 2.45) is 0 Å². The Hall–Kier alpha value is -2.72. The zero-order valence-corrected chi connectivity index (χ0v) is 18.7. The molecule has 2 heterocycles. The van der Waals surface area contributed by atoms with Crippen molar-refractivity contribution in [2.45, 2.75) is 42.4 Å². The van der Waals surface area contributed by atoms with E-state index in [2.05, 4.69) is 87.4 Å². The highest BCUT2D eigenvalue weighted by molar-refractivity contribution is 8.00. The van der Waals surface area contributed by atoms with Crippen LogP contribution in [0.3, 0.4) is 0 Å². The van der Waals surface area contributed by atoms with Gasteiger partial charge in [-0.2, -0.15) is 0 Å². The number of rotatable bonds is 8. The number of aryl methyl sites for hydroxylation is 1. The van der Waals surface area contributed by atoms with E-state index in [0.717, 1.165) is 19.4 Å². The molecule has 4 aromatic rings. The number of thioether (sulfide) groups is 1. The van der Waals surface area contributed by atoms with Crippen molar-refractivity contribution >= 4 is 28.2 Å². The van der Waals surface area contributed by atoms with Gasteiger partial charge in [0.15, 0.2) is 0 Å². The molecule has 0 amide bonds. The van der Waals surface area contributed by atoms with E-state index in [9.17, 15) is 0 Å².